The van der Waals surface area contributed by atoms with Crippen molar-refractivity contribution in [2.75, 3.05) is 18.5 Å². The van der Waals surface area contributed by atoms with E-state index in [0.29, 0.717) is 0 Å². The van der Waals surface area contributed by atoms with Crippen LogP contribution < -0.4 is 5.32 Å². The van der Waals surface area contributed by atoms with Gasteiger partial charge in [-0.05, 0) is 25.0 Å². The first-order valence-electron chi connectivity index (χ1n) is 5.51. The Balaban J connectivity index is 2.61. The number of hydrogen-bond donors (Lipinski definition) is 2. The number of anilines is 1. The number of benzene rings is 1. The Labute approximate surface area is 92.3 Å². The van der Waals surface area contributed by atoms with Crippen LogP contribution in [0.15, 0.2) is 24.3 Å². The van der Waals surface area contributed by atoms with Crippen LogP contribution in [0.25, 0.3) is 0 Å². The van der Waals surface area contributed by atoms with Crippen LogP contribution in [0.1, 0.15) is 25.8 Å². The molecule has 0 fully saturated rings. The lowest BCUT2D eigenvalue weighted by molar-refractivity contribution is 0.149. The highest BCUT2D eigenvalue weighted by atomic mass is 16.3. The van der Waals surface area contributed by atoms with Crippen molar-refractivity contribution in [1.82, 2.24) is 0 Å². The lowest BCUT2D eigenvalue weighted by Crippen LogP contribution is -2.29. The molecule has 84 valence electrons. The molecule has 0 saturated heterocycles. The van der Waals surface area contributed by atoms with Crippen LogP contribution in [-0.4, -0.2) is 18.3 Å². The van der Waals surface area contributed by atoms with Gasteiger partial charge in [0.05, 0.1) is 6.61 Å². The second kappa shape index (κ2) is 5.17. The molecule has 0 saturated carbocycles. The van der Waals surface area contributed by atoms with Crippen molar-refractivity contribution < 1.29 is 5.11 Å². The minimum absolute atomic E-state index is 0.0255. The Morgan fingerprint density at radius 2 is 2.00 bits per heavy atom. The van der Waals surface area contributed by atoms with Gasteiger partial charge in [-0.1, -0.05) is 32.0 Å². The summed E-state index contributed by atoms with van der Waals surface area (Å²) in [5.41, 5.74) is 2.38. The Kier molecular flexibility index (Phi) is 4.15. The summed E-state index contributed by atoms with van der Waals surface area (Å²) in [5, 5.41) is 12.7. The van der Waals surface area contributed by atoms with Gasteiger partial charge < -0.3 is 10.4 Å². The van der Waals surface area contributed by atoms with Crippen LogP contribution in [-0.2, 0) is 0 Å². The van der Waals surface area contributed by atoms with Crippen LogP contribution in [0.2, 0.25) is 0 Å². The molecule has 2 nitrogen and oxygen atoms in total. The zero-order chi connectivity index (χ0) is 11.3. The maximum absolute atomic E-state index is 9.29. The standard InChI is InChI=1S/C13H21NO/c1-4-13(3,10-15)9-14-12-8-6-5-7-11(12)2/h5-8,14-15H,4,9-10H2,1-3H3. The molecule has 0 heterocycles. The molecule has 1 rings (SSSR count). The lowest BCUT2D eigenvalue weighted by Gasteiger charge is -2.26. The van der Waals surface area contributed by atoms with Crippen molar-refractivity contribution in [3.8, 4) is 0 Å². The van der Waals surface area contributed by atoms with Gasteiger partial charge in [-0.2, -0.15) is 0 Å². The molecule has 15 heavy (non-hydrogen) atoms. The summed E-state index contributed by atoms with van der Waals surface area (Å²) in [6.07, 6.45) is 0.975. The van der Waals surface area contributed by atoms with Crippen LogP contribution in [0.3, 0.4) is 0 Å². The first-order chi connectivity index (χ1) is 7.11. The van der Waals surface area contributed by atoms with Gasteiger partial charge in [0.2, 0.25) is 0 Å². The molecule has 0 bridgehead atoms. The molecule has 0 spiro atoms. The van der Waals surface area contributed by atoms with Crippen LogP contribution >= 0.6 is 0 Å². The van der Waals surface area contributed by atoms with Crippen molar-refractivity contribution in [2.45, 2.75) is 27.2 Å². The Bertz CT molecular complexity index is 305. The highest BCUT2D eigenvalue weighted by molar-refractivity contribution is 5.50. The van der Waals surface area contributed by atoms with E-state index in [4.69, 9.17) is 0 Å². The van der Waals surface area contributed by atoms with E-state index in [1.54, 1.807) is 0 Å². The Morgan fingerprint density at radius 3 is 2.53 bits per heavy atom. The first kappa shape index (κ1) is 12.1. The Morgan fingerprint density at radius 1 is 1.33 bits per heavy atom. The maximum Gasteiger partial charge on any atom is 0.0501 e. The van der Waals surface area contributed by atoms with Gasteiger partial charge in [0.15, 0.2) is 0 Å². The monoisotopic (exact) mass is 207 g/mol. The topological polar surface area (TPSA) is 32.3 Å². The number of hydrogen-bond acceptors (Lipinski definition) is 2. The molecule has 0 amide bonds. The first-order valence-corrected chi connectivity index (χ1v) is 5.51. The van der Waals surface area contributed by atoms with Crippen molar-refractivity contribution in [2.24, 2.45) is 5.41 Å². The van der Waals surface area contributed by atoms with Gasteiger partial charge >= 0.3 is 0 Å². The smallest absolute Gasteiger partial charge is 0.0501 e. The van der Waals surface area contributed by atoms with Gasteiger partial charge in [-0.15, -0.1) is 0 Å². The van der Waals surface area contributed by atoms with Gasteiger partial charge in [0.1, 0.15) is 0 Å². The SMILES string of the molecule is CCC(C)(CO)CNc1ccccc1C. The van der Waals surface area contributed by atoms with Crippen LogP contribution in [0, 0.1) is 12.3 Å². The van der Waals surface area contributed by atoms with E-state index in [9.17, 15) is 5.11 Å². The molecule has 0 aliphatic rings. The van der Waals surface area contributed by atoms with E-state index in [2.05, 4.69) is 38.2 Å². The van der Waals surface area contributed by atoms with Gasteiger partial charge in [-0.25, -0.2) is 0 Å². The van der Waals surface area contributed by atoms with E-state index >= 15 is 0 Å². The van der Waals surface area contributed by atoms with E-state index in [1.807, 2.05) is 12.1 Å². The average Bonchev–Trinajstić information content (AvgIpc) is 2.28. The molecule has 2 N–H and O–H groups in total. The largest absolute Gasteiger partial charge is 0.396 e. The average molecular weight is 207 g/mol. The molecule has 0 aliphatic carbocycles. The molecule has 1 unspecified atom stereocenters. The predicted molar refractivity (Wildman–Crippen MR) is 65.2 cm³/mol. The third kappa shape index (κ3) is 3.24. The third-order valence-electron chi connectivity index (χ3n) is 3.09. The molecular weight excluding hydrogens is 186 g/mol. The predicted octanol–water partition coefficient (Wildman–Crippen LogP) is 2.82. The molecule has 2 heteroatoms. The van der Waals surface area contributed by atoms with Crippen molar-refractivity contribution in [3.05, 3.63) is 29.8 Å². The molecular formula is C13H21NO. The van der Waals surface area contributed by atoms with E-state index in [0.717, 1.165) is 18.7 Å². The number of aryl methyl sites for hydroxylation is 1. The van der Waals surface area contributed by atoms with Gasteiger partial charge in [0, 0.05) is 17.6 Å². The van der Waals surface area contributed by atoms with Gasteiger partial charge in [-0.3, -0.25) is 0 Å². The third-order valence-corrected chi connectivity index (χ3v) is 3.09. The van der Waals surface area contributed by atoms with Crippen LogP contribution in [0.5, 0.6) is 0 Å². The highest BCUT2D eigenvalue weighted by Gasteiger charge is 2.20. The summed E-state index contributed by atoms with van der Waals surface area (Å²) in [6.45, 7) is 7.33. The minimum Gasteiger partial charge on any atom is -0.396 e. The quantitative estimate of drug-likeness (QED) is 0.778. The number of aliphatic hydroxyl groups is 1. The normalized spacial score (nSPS) is 14.7. The fourth-order valence-corrected chi connectivity index (χ4v) is 1.37. The van der Waals surface area contributed by atoms with E-state index in [-0.39, 0.29) is 12.0 Å². The summed E-state index contributed by atoms with van der Waals surface area (Å²) < 4.78 is 0. The maximum atomic E-state index is 9.29. The molecule has 0 radical (unpaired) electrons. The fourth-order valence-electron chi connectivity index (χ4n) is 1.37. The van der Waals surface area contributed by atoms with E-state index < -0.39 is 0 Å². The second-order valence-corrected chi connectivity index (χ2v) is 4.49. The summed E-state index contributed by atoms with van der Waals surface area (Å²) in [6, 6.07) is 8.22. The summed E-state index contributed by atoms with van der Waals surface area (Å²) in [4.78, 5) is 0. The van der Waals surface area contributed by atoms with Crippen LogP contribution in [0.4, 0.5) is 5.69 Å². The highest BCUT2D eigenvalue weighted by Crippen LogP contribution is 2.22. The van der Waals surface area contributed by atoms with Crippen molar-refractivity contribution >= 4 is 5.69 Å². The number of rotatable bonds is 5. The zero-order valence-corrected chi connectivity index (χ0v) is 9.88. The molecule has 1 aromatic rings. The number of nitrogens with one attached hydrogen (secondary N) is 1. The molecule has 1 atom stereocenters. The van der Waals surface area contributed by atoms with Gasteiger partial charge in [0.25, 0.3) is 0 Å². The molecule has 0 aliphatic heterocycles. The molecule has 1 aromatic carbocycles. The minimum atomic E-state index is -0.0255. The van der Waals surface area contributed by atoms with Crippen molar-refractivity contribution in [1.29, 1.82) is 0 Å². The number of aliphatic hydroxyl groups excluding tert-OH is 1. The summed E-state index contributed by atoms with van der Waals surface area (Å²) in [5.74, 6) is 0. The van der Waals surface area contributed by atoms with E-state index in [1.165, 1.54) is 5.56 Å². The lowest BCUT2D eigenvalue weighted by atomic mass is 9.88. The Hall–Kier alpha value is -1.02. The fraction of sp³-hybridized carbons (Fsp3) is 0.538. The summed E-state index contributed by atoms with van der Waals surface area (Å²) >= 11 is 0. The number of para-hydroxylation sites is 1. The van der Waals surface area contributed by atoms with Crippen molar-refractivity contribution in [3.63, 3.8) is 0 Å². The zero-order valence-electron chi connectivity index (χ0n) is 9.88. The molecule has 0 aromatic heterocycles. The second-order valence-electron chi connectivity index (χ2n) is 4.49. The summed E-state index contributed by atoms with van der Waals surface area (Å²) in [7, 11) is 0.